The minimum absolute atomic E-state index is 0.340. The van der Waals surface area contributed by atoms with Crippen molar-refractivity contribution in [3.05, 3.63) is 0 Å². The minimum Gasteiger partial charge on any atom is -0.389 e. The van der Waals surface area contributed by atoms with Crippen LogP contribution in [0.25, 0.3) is 0 Å². The summed E-state index contributed by atoms with van der Waals surface area (Å²) >= 11 is 0. The number of β-amino-alcohol motifs (C(OH)–C–C–N with tert-alkyl or cyclic N) is 1. The first-order valence-electron chi connectivity index (χ1n) is 7.38. The second-order valence-electron chi connectivity index (χ2n) is 5.30. The zero-order chi connectivity index (χ0) is 13.4. The number of nitrogens with zero attached hydrogens (tertiary/aromatic N) is 1. The number of hydrogen-bond donors (Lipinski definition) is 2. The van der Waals surface area contributed by atoms with Crippen LogP contribution in [0.15, 0.2) is 0 Å². The fourth-order valence-corrected chi connectivity index (χ4v) is 2.73. The number of rotatable bonds is 8. The molecule has 1 aliphatic rings. The van der Waals surface area contributed by atoms with Crippen LogP contribution in [0.5, 0.6) is 0 Å². The predicted octanol–water partition coefficient (Wildman–Crippen LogP) is 1.09. The van der Waals surface area contributed by atoms with Gasteiger partial charge in [0.15, 0.2) is 0 Å². The fraction of sp³-hybridized carbons (Fsp3) is 1.00. The Bertz CT molecular complexity index is 206. The molecule has 1 saturated heterocycles. The lowest BCUT2D eigenvalue weighted by Gasteiger charge is -2.35. The largest absolute Gasteiger partial charge is 0.389 e. The molecule has 1 aliphatic heterocycles. The second kappa shape index (κ2) is 8.86. The predicted molar refractivity (Wildman–Crippen MR) is 74.8 cm³/mol. The second-order valence-corrected chi connectivity index (χ2v) is 5.30. The molecule has 18 heavy (non-hydrogen) atoms. The summed E-state index contributed by atoms with van der Waals surface area (Å²) in [6.07, 6.45) is 2.12. The van der Waals surface area contributed by atoms with Gasteiger partial charge in [0.2, 0.25) is 0 Å². The van der Waals surface area contributed by atoms with Crippen LogP contribution in [0, 0.1) is 5.92 Å². The zero-order valence-electron chi connectivity index (χ0n) is 12.2. The summed E-state index contributed by atoms with van der Waals surface area (Å²) < 4.78 is 5.24. The molecule has 1 rings (SSSR count). The lowest BCUT2D eigenvalue weighted by Crippen LogP contribution is -2.44. The van der Waals surface area contributed by atoms with Gasteiger partial charge in [-0.1, -0.05) is 6.92 Å². The molecule has 2 atom stereocenters. The number of piperidine rings is 1. The third-order valence-corrected chi connectivity index (χ3v) is 3.85. The molecule has 0 aromatic rings. The maximum absolute atomic E-state index is 9.81. The van der Waals surface area contributed by atoms with Crippen molar-refractivity contribution in [3.8, 4) is 0 Å². The van der Waals surface area contributed by atoms with E-state index >= 15 is 0 Å². The maximum atomic E-state index is 9.81. The number of hydrogen-bond acceptors (Lipinski definition) is 4. The van der Waals surface area contributed by atoms with Crippen molar-refractivity contribution in [1.82, 2.24) is 10.2 Å². The van der Waals surface area contributed by atoms with Gasteiger partial charge in [-0.05, 0) is 52.2 Å². The third-order valence-electron chi connectivity index (χ3n) is 3.85. The molecule has 0 radical (unpaired) electrons. The summed E-state index contributed by atoms with van der Waals surface area (Å²) in [5.74, 6) is 0.783. The van der Waals surface area contributed by atoms with Gasteiger partial charge in [0.25, 0.3) is 0 Å². The van der Waals surface area contributed by atoms with Crippen molar-refractivity contribution in [2.75, 3.05) is 39.4 Å². The average Bonchev–Trinajstić information content (AvgIpc) is 2.37. The van der Waals surface area contributed by atoms with Crippen LogP contribution in [-0.2, 0) is 4.74 Å². The monoisotopic (exact) mass is 258 g/mol. The maximum Gasteiger partial charge on any atom is 0.0900 e. The van der Waals surface area contributed by atoms with Gasteiger partial charge in [-0.3, -0.25) is 0 Å². The highest BCUT2D eigenvalue weighted by Crippen LogP contribution is 2.20. The lowest BCUT2D eigenvalue weighted by atomic mass is 9.90. The molecule has 0 amide bonds. The van der Waals surface area contributed by atoms with Crippen molar-refractivity contribution in [2.45, 2.75) is 45.8 Å². The first-order chi connectivity index (χ1) is 8.67. The van der Waals surface area contributed by atoms with Crippen LogP contribution in [0.4, 0.5) is 0 Å². The summed E-state index contributed by atoms with van der Waals surface area (Å²) in [7, 11) is 0. The molecule has 0 aromatic heterocycles. The van der Waals surface area contributed by atoms with Gasteiger partial charge >= 0.3 is 0 Å². The molecule has 2 N–H and O–H groups in total. The number of ether oxygens (including phenoxy) is 1. The molecule has 0 bridgehead atoms. The summed E-state index contributed by atoms with van der Waals surface area (Å²) in [5.41, 5.74) is 0. The smallest absolute Gasteiger partial charge is 0.0900 e. The van der Waals surface area contributed by atoms with Crippen molar-refractivity contribution in [1.29, 1.82) is 0 Å². The fourth-order valence-electron chi connectivity index (χ4n) is 2.73. The molecule has 108 valence electrons. The SMILES string of the molecule is CCNC(C)C1CCN(CC(O)COCC)CC1. The quantitative estimate of drug-likeness (QED) is 0.684. The summed E-state index contributed by atoms with van der Waals surface area (Å²) in [6.45, 7) is 11.6. The van der Waals surface area contributed by atoms with Gasteiger partial charge in [-0.2, -0.15) is 0 Å². The molecule has 2 unspecified atom stereocenters. The third kappa shape index (κ3) is 5.65. The van der Waals surface area contributed by atoms with E-state index in [2.05, 4.69) is 24.1 Å². The Kier molecular flexibility index (Phi) is 7.82. The van der Waals surface area contributed by atoms with Gasteiger partial charge in [0.1, 0.15) is 0 Å². The van der Waals surface area contributed by atoms with Crippen LogP contribution in [0.2, 0.25) is 0 Å². The van der Waals surface area contributed by atoms with Crippen LogP contribution < -0.4 is 5.32 Å². The molecule has 0 aliphatic carbocycles. The standard InChI is InChI=1S/C14H30N2O2/c1-4-15-12(3)13-6-8-16(9-7-13)10-14(17)11-18-5-2/h12-15,17H,4-11H2,1-3H3. The van der Waals surface area contributed by atoms with Crippen LogP contribution in [-0.4, -0.2) is 61.5 Å². The highest BCUT2D eigenvalue weighted by atomic mass is 16.5. The van der Waals surface area contributed by atoms with Gasteiger partial charge in [0.05, 0.1) is 12.7 Å². The Morgan fingerprint density at radius 1 is 1.33 bits per heavy atom. The first kappa shape index (κ1) is 15.9. The van der Waals surface area contributed by atoms with Crippen molar-refractivity contribution < 1.29 is 9.84 Å². The van der Waals surface area contributed by atoms with E-state index in [1.54, 1.807) is 0 Å². The number of aliphatic hydroxyl groups is 1. The lowest BCUT2D eigenvalue weighted by molar-refractivity contribution is 0.0135. The Morgan fingerprint density at radius 3 is 2.56 bits per heavy atom. The van der Waals surface area contributed by atoms with Crippen molar-refractivity contribution in [3.63, 3.8) is 0 Å². The molecule has 1 fully saturated rings. The van der Waals surface area contributed by atoms with Gasteiger partial charge in [-0.25, -0.2) is 0 Å². The van der Waals surface area contributed by atoms with Gasteiger partial charge in [-0.15, -0.1) is 0 Å². The Balaban J connectivity index is 2.18. The minimum atomic E-state index is -0.340. The summed E-state index contributed by atoms with van der Waals surface area (Å²) in [5, 5.41) is 13.3. The molecule has 4 heteroatoms. The molecule has 1 heterocycles. The highest BCUT2D eigenvalue weighted by Gasteiger charge is 2.24. The van der Waals surface area contributed by atoms with E-state index in [4.69, 9.17) is 4.74 Å². The molecule has 0 spiro atoms. The zero-order valence-corrected chi connectivity index (χ0v) is 12.2. The number of nitrogens with one attached hydrogen (secondary N) is 1. The first-order valence-corrected chi connectivity index (χ1v) is 7.38. The molecule has 4 nitrogen and oxygen atoms in total. The summed E-state index contributed by atoms with van der Waals surface area (Å²) in [6, 6.07) is 0.616. The van der Waals surface area contributed by atoms with Crippen LogP contribution in [0.1, 0.15) is 33.6 Å². The van der Waals surface area contributed by atoms with Crippen LogP contribution >= 0.6 is 0 Å². The number of aliphatic hydroxyl groups excluding tert-OH is 1. The van der Waals surface area contributed by atoms with Crippen LogP contribution in [0.3, 0.4) is 0 Å². The van der Waals surface area contributed by atoms with Gasteiger partial charge < -0.3 is 20.1 Å². The van der Waals surface area contributed by atoms with E-state index in [-0.39, 0.29) is 6.10 Å². The average molecular weight is 258 g/mol. The Labute approximate surface area is 112 Å². The summed E-state index contributed by atoms with van der Waals surface area (Å²) in [4.78, 5) is 2.36. The van der Waals surface area contributed by atoms with E-state index in [9.17, 15) is 5.11 Å². The van der Waals surface area contributed by atoms with E-state index in [1.807, 2.05) is 6.92 Å². The Hall–Kier alpha value is -0.160. The molecule has 0 saturated carbocycles. The van der Waals surface area contributed by atoms with Gasteiger partial charge in [0, 0.05) is 19.2 Å². The molecular formula is C14H30N2O2. The van der Waals surface area contributed by atoms with Crippen molar-refractivity contribution in [2.24, 2.45) is 5.92 Å². The van der Waals surface area contributed by atoms with Crippen molar-refractivity contribution >= 4 is 0 Å². The van der Waals surface area contributed by atoms with E-state index in [1.165, 1.54) is 12.8 Å². The Morgan fingerprint density at radius 2 is 2.00 bits per heavy atom. The normalized spacial score (nSPS) is 22.0. The van der Waals surface area contributed by atoms with E-state index in [0.717, 1.165) is 32.1 Å². The van der Waals surface area contributed by atoms with E-state index in [0.29, 0.717) is 19.3 Å². The topological polar surface area (TPSA) is 44.7 Å². The highest BCUT2D eigenvalue weighted by molar-refractivity contribution is 4.80. The molecule has 0 aromatic carbocycles. The molecular weight excluding hydrogens is 228 g/mol. The number of likely N-dealkylation sites (tertiary alicyclic amines) is 1. The van der Waals surface area contributed by atoms with E-state index < -0.39 is 0 Å².